The molecule has 1 heterocycles. The summed E-state index contributed by atoms with van der Waals surface area (Å²) in [4.78, 5) is 0. The molecule has 2 nitrogen and oxygen atoms in total. The average molecular weight is 203 g/mol. The van der Waals surface area contributed by atoms with Crippen molar-refractivity contribution < 1.29 is 5.11 Å². The van der Waals surface area contributed by atoms with E-state index < -0.39 is 0 Å². The van der Waals surface area contributed by atoms with Crippen LogP contribution in [0.3, 0.4) is 0 Å². The Balaban J connectivity index is 2.76. The lowest BCUT2D eigenvalue weighted by atomic mass is 10.1. The number of hydrogen-bond acceptors (Lipinski definition) is 1. The Labute approximate surface area is 90.2 Å². The van der Waals surface area contributed by atoms with Crippen LogP contribution in [0.15, 0.2) is 18.2 Å². The van der Waals surface area contributed by atoms with Crippen LogP contribution in [0, 0.1) is 13.8 Å². The Morgan fingerprint density at radius 1 is 1.27 bits per heavy atom. The normalized spacial score (nSPS) is 11.2. The highest BCUT2D eigenvalue weighted by Crippen LogP contribution is 2.26. The van der Waals surface area contributed by atoms with Crippen molar-refractivity contribution in [2.45, 2.75) is 20.3 Å². The summed E-state index contributed by atoms with van der Waals surface area (Å²) in [6.45, 7) is 4.43. The van der Waals surface area contributed by atoms with Gasteiger partial charge in [-0.25, -0.2) is 0 Å². The van der Waals surface area contributed by atoms with Crippen molar-refractivity contribution in [2.24, 2.45) is 7.05 Å². The van der Waals surface area contributed by atoms with E-state index in [-0.39, 0.29) is 6.61 Å². The molecule has 0 amide bonds. The van der Waals surface area contributed by atoms with Gasteiger partial charge in [0.1, 0.15) is 0 Å². The quantitative estimate of drug-likeness (QED) is 0.796. The lowest BCUT2D eigenvalue weighted by Crippen LogP contribution is -1.95. The summed E-state index contributed by atoms with van der Waals surface area (Å²) in [5.41, 5.74) is 5.05. The van der Waals surface area contributed by atoms with Crippen LogP contribution in [0.1, 0.15) is 16.8 Å². The molecule has 1 N–H and O–H groups in total. The maximum absolute atomic E-state index is 9.07. The van der Waals surface area contributed by atoms with Crippen LogP contribution in [-0.2, 0) is 13.5 Å². The van der Waals surface area contributed by atoms with E-state index >= 15 is 0 Å². The largest absolute Gasteiger partial charge is 0.396 e. The van der Waals surface area contributed by atoms with Crippen molar-refractivity contribution in [3.8, 4) is 0 Å². The molecule has 0 bridgehead atoms. The van der Waals surface area contributed by atoms with Gasteiger partial charge in [0.05, 0.1) is 0 Å². The molecule has 0 aliphatic carbocycles. The van der Waals surface area contributed by atoms with Crippen molar-refractivity contribution in [2.75, 3.05) is 6.61 Å². The van der Waals surface area contributed by atoms with E-state index in [1.807, 2.05) is 0 Å². The topological polar surface area (TPSA) is 25.2 Å². The molecule has 0 aliphatic heterocycles. The zero-order valence-electron chi connectivity index (χ0n) is 9.54. The molecule has 15 heavy (non-hydrogen) atoms. The Kier molecular flexibility index (Phi) is 2.53. The first kappa shape index (κ1) is 10.2. The standard InChI is InChI=1S/C13H17NO/c1-9-4-5-13-12(8-9)11(6-7-15)10(2)14(13)3/h4-5,8,15H,6-7H2,1-3H3. The van der Waals surface area contributed by atoms with Gasteiger partial charge in [0.15, 0.2) is 0 Å². The Hall–Kier alpha value is -1.28. The molecule has 0 spiro atoms. The smallest absolute Gasteiger partial charge is 0.0482 e. The number of aryl methyl sites for hydroxylation is 2. The van der Waals surface area contributed by atoms with Gasteiger partial charge < -0.3 is 9.67 Å². The second kappa shape index (κ2) is 3.70. The Morgan fingerprint density at radius 2 is 2.00 bits per heavy atom. The van der Waals surface area contributed by atoms with Crippen molar-refractivity contribution in [1.82, 2.24) is 4.57 Å². The van der Waals surface area contributed by atoms with E-state index in [1.54, 1.807) is 0 Å². The van der Waals surface area contributed by atoms with Gasteiger partial charge in [-0.15, -0.1) is 0 Å². The Morgan fingerprint density at radius 3 is 2.67 bits per heavy atom. The summed E-state index contributed by atoms with van der Waals surface area (Å²) in [6.07, 6.45) is 0.743. The van der Waals surface area contributed by atoms with Gasteiger partial charge in [-0.05, 0) is 38.0 Å². The van der Waals surface area contributed by atoms with Crippen molar-refractivity contribution in [1.29, 1.82) is 0 Å². The summed E-state index contributed by atoms with van der Waals surface area (Å²) in [7, 11) is 2.08. The fourth-order valence-corrected chi connectivity index (χ4v) is 2.19. The van der Waals surface area contributed by atoms with E-state index in [0.29, 0.717) is 0 Å². The molecular weight excluding hydrogens is 186 g/mol. The summed E-state index contributed by atoms with van der Waals surface area (Å²) < 4.78 is 2.19. The summed E-state index contributed by atoms with van der Waals surface area (Å²) >= 11 is 0. The van der Waals surface area contributed by atoms with Crippen LogP contribution in [0.5, 0.6) is 0 Å². The fraction of sp³-hybridized carbons (Fsp3) is 0.385. The van der Waals surface area contributed by atoms with E-state index in [4.69, 9.17) is 5.11 Å². The predicted octanol–water partition coefficient (Wildman–Crippen LogP) is 2.33. The number of aliphatic hydroxyl groups excluding tert-OH is 1. The fourth-order valence-electron chi connectivity index (χ4n) is 2.19. The maximum Gasteiger partial charge on any atom is 0.0482 e. The molecule has 0 radical (unpaired) electrons. The molecule has 80 valence electrons. The number of fused-ring (bicyclic) bond motifs is 1. The minimum Gasteiger partial charge on any atom is -0.396 e. The molecule has 2 heteroatoms. The van der Waals surface area contributed by atoms with Gasteiger partial charge in [0.2, 0.25) is 0 Å². The monoisotopic (exact) mass is 203 g/mol. The molecule has 0 saturated carbocycles. The van der Waals surface area contributed by atoms with Gasteiger partial charge in [0.25, 0.3) is 0 Å². The maximum atomic E-state index is 9.07. The molecule has 2 aromatic rings. The van der Waals surface area contributed by atoms with Crippen molar-refractivity contribution in [3.63, 3.8) is 0 Å². The lowest BCUT2D eigenvalue weighted by molar-refractivity contribution is 0.299. The van der Waals surface area contributed by atoms with Crippen molar-refractivity contribution >= 4 is 10.9 Å². The van der Waals surface area contributed by atoms with Gasteiger partial charge >= 0.3 is 0 Å². The van der Waals surface area contributed by atoms with E-state index in [0.717, 1.165) is 6.42 Å². The number of benzene rings is 1. The predicted molar refractivity (Wildman–Crippen MR) is 63.2 cm³/mol. The van der Waals surface area contributed by atoms with E-state index in [2.05, 4.69) is 43.7 Å². The molecular formula is C13H17NO. The van der Waals surface area contributed by atoms with Crippen molar-refractivity contribution in [3.05, 3.63) is 35.0 Å². The highest BCUT2D eigenvalue weighted by atomic mass is 16.2. The second-order valence-electron chi connectivity index (χ2n) is 4.12. The van der Waals surface area contributed by atoms with Gasteiger partial charge in [0, 0.05) is 30.3 Å². The first-order valence-electron chi connectivity index (χ1n) is 5.30. The minimum absolute atomic E-state index is 0.216. The summed E-state index contributed by atoms with van der Waals surface area (Å²) in [5.74, 6) is 0. The number of nitrogens with zero attached hydrogens (tertiary/aromatic N) is 1. The van der Waals surface area contributed by atoms with Gasteiger partial charge in [-0.1, -0.05) is 11.6 Å². The Bertz CT molecular complexity index is 497. The van der Waals surface area contributed by atoms with Crippen LogP contribution < -0.4 is 0 Å². The second-order valence-corrected chi connectivity index (χ2v) is 4.12. The third-order valence-corrected chi connectivity index (χ3v) is 3.14. The molecule has 1 aromatic heterocycles. The minimum atomic E-state index is 0.216. The molecule has 0 fully saturated rings. The van der Waals surface area contributed by atoms with Crippen LogP contribution >= 0.6 is 0 Å². The number of rotatable bonds is 2. The molecule has 0 saturated heterocycles. The zero-order chi connectivity index (χ0) is 11.0. The number of aromatic nitrogens is 1. The van der Waals surface area contributed by atoms with Gasteiger partial charge in [-0.2, -0.15) is 0 Å². The van der Waals surface area contributed by atoms with Crippen LogP contribution in [0.4, 0.5) is 0 Å². The molecule has 0 atom stereocenters. The molecule has 1 aromatic carbocycles. The molecule has 0 unspecified atom stereocenters. The number of hydrogen-bond donors (Lipinski definition) is 1. The lowest BCUT2D eigenvalue weighted by Gasteiger charge is -1.99. The SMILES string of the molecule is Cc1ccc2c(c1)c(CCO)c(C)n2C. The summed E-state index contributed by atoms with van der Waals surface area (Å²) in [5, 5.41) is 10.4. The van der Waals surface area contributed by atoms with Crippen LogP contribution in [0.25, 0.3) is 10.9 Å². The highest BCUT2D eigenvalue weighted by Gasteiger charge is 2.10. The van der Waals surface area contributed by atoms with Crippen LogP contribution in [0.2, 0.25) is 0 Å². The average Bonchev–Trinajstić information content (AvgIpc) is 2.44. The third-order valence-electron chi connectivity index (χ3n) is 3.14. The molecule has 0 aliphatic rings. The summed E-state index contributed by atoms with van der Waals surface area (Å²) in [6, 6.07) is 6.48. The van der Waals surface area contributed by atoms with Gasteiger partial charge in [-0.3, -0.25) is 0 Å². The highest BCUT2D eigenvalue weighted by molar-refractivity contribution is 5.86. The first-order chi connectivity index (χ1) is 7.15. The molecule has 2 rings (SSSR count). The number of aliphatic hydroxyl groups is 1. The van der Waals surface area contributed by atoms with Crippen LogP contribution in [-0.4, -0.2) is 16.3 Å². The zero-order valence-corrected chi connectivity index (χ0v) is 9.54. The van der Waals surface area contributed by atoms with E-state index in [9.17, 15) is 0 Å². The third kappa shape index (κ3) is 1.55. The van der Waals surface area contributed by atoms with E-state index in [1.165, 1.54) is 27.7 Å². The first-order valence-corrected chi connectivity index (χ1v) is 5.30.